The van der Waals surface area contributed by atoms with Crippen molar-refractivity contribution < 1.29 is 4.79 Å². The molecule has 0 atom stereocenters. The van der Waals surface area contributed by atoms with Gasteiger partial charge in [0.15, 0.2) is 0 Å². The van der Waals surface area contributed by atoms with E-state index in [1.54, 1.807) is 6.20 Å². The van der Waals surface area contributed by atoms with E-state index in [9.17, 15) is 4.79 Å². The van der Waals surface area contributed by atoms with Gasteiger partial charge in [0.1, 0.15) is 0 Å². The lowest BCUT2D eigenvalue weighted by atomic mass is 10.1. The molecule has 19 heavy (non-hydrogen) atoms. The minimum atomic E-state index is -0.149. The molecule has 2 aromatic carbocycles. The van der Waals surface area contributed by atoms with Crippen LogP contribution in [0.4, 0.5) is 5.69 Å². The van der Waals surface area contributed by atoms with Crippen LogP contribution in [-0.4, -0.2) is 10.9 Å². The van der Waals surface area contributed by atoms with E-state index in [1.807, 2.05) is 60.7 Å². The fourth-order valence-corrected chi connectivity index (χ4v) is 1.92. The van der Waals surface area contributed by atoms with E-state index in [4.69, 9.17) is 0 Å². The number of anilines is 1. The Morgan fingerprint density at radius 3 is 2.53 bits per heavy atom. The number of rotatable bonds is 2. The average molecular weight is 248 g/mol. The maximum atomic E-state index is 12.1. The molecule has 0 unspecified atom stereocenters. The highest BCUT2D eigenvalue weighted by Gasteiger charge is 2.07. The first-order valence-electron chi connectivity index (χ1n) is 6.04. The second-order valence-electron chi connectivity index (χ2n) is 4.24. The van der Waals surface area contributed by atoms with Crippen molar-refractivity contribution in [3.8, 4) is 0 Å². The lowest BCUT2D eigenvalue weighted by Gasteiger charge is -2.05. The van der Waals surface area contributed by atoms with E-state index in [0.29, 0.717) is 5.56 Å². The summed E-state index contributed by atoms with van der Waals surface area (Å²) >= 11 is 0. The fraction of sp³-hybridized carbons (Fsp3) is 0. The quantitative estimate of drug-likeness (QED) is 0.754. The van der Waals surface area contributed by atoms with Crippen molar-refractivity contribution in [2.45, 2.75) is 0 Å². The topological polar surface area (TPSA) is 42.0 Å². The Hall–Kier alpha value is -2.68. The van der Waals surface area contributed by atoms with Gasteiger partial charge in [-0.15, -0.1) is 0 Å². The second-order valence-corrected chi connectivity index (χ2v) is 4.24. The molecule has 0 aliphatic carbocycles. The van der Waals surface area contributed by atoms with Crippen molar-refractivity contribution >= 4 is 22.5 Å². The van der Waals surface area contributed by atoms with E-state index >= 15 is 0 Å². The predicted octanol–water partition coefficient (Wildman–Crippen LogP) is 3.49. The van der Waals surface area contributed by atoms with Crippen LogP contribution in [0.1, 0.15) is 10.4 Å². The van der Waals surface area contributed by atoms with Gasteiger partial charge in [-0.2, -0.15) is 0 Å². The summed E-state index contributed by atoms with van der Waals surface area (Å²) in [6.45, 7) is 0. The van der Waals surface area contributed by atoms with Gasteiger partial charge in [-0.3, -0.25) is 9.78 Å². The van der Waals surface area contributed by atoms with Crippen LogP contribution >= 0.6 is 0 Å². The largest absolute Gasteiger partial charge is 0.322 e. The Bertz CT molecular complexity index is 723. The van der Waals surface area contributed by atoms with Gasteiger partial charge in [-0.1, -0.05) is 36.4 Å². The summed E-state index contributed by atoms with van der Waals surface area (Å²) in [5, 5.41) is 3.81. The van der Waals surface area contributed by atoms with Crippen LogP contribution in [0.2, 0.25) is 0 Å². The molecule has 0 radical (unpaired) electrons. The third-order valence-corrected chi connectivity index (χ3v) is 2.88. The summed E-state index contributed by atoms with van der Waals surface area (Å²) in [6.07, 6.45) is 1.60. The lowest BCUT2D eigenvalue weighted by Crippen LogP contribution is -2.12. The molecule has 0 aliphatic heterocycles. The van der Waals surface area contributed by atoms with E-state index in [1.165, 1.54) is 0 Å². The molecule has 3 heteroatoms. The number of aromatic nitrogens is 1. The molecule has 1 N–H and O–H groups in total. The molecule has 1 amide bonds. The highest BCUT2D eigenvalue weighted by molar-refractivity contribution is 6.05. The Balaban J connectivity index is 1.89. The van der Waals surface area contributed by atoms with Gasteiger partial charge in [0, 0.05) is 17.3 Å². The normalized spacial score (nSPS) is 10.3. The molecule has 0 saturated heterocycles. The number of hydrogen-bond donors (Lipinski definition) is 1. The summed E-state index contributed by atoms with van der Waals surface area (Å²) in [7, 11) is 0. The van der Waals surface area contributed by atoms with Gasteiger partial charge >= 0.3 is 0 Å². The van der Waals surface area contributed by atoms with Gasteiger partial charge in [0.2, 0.25) is 0 Å². The molecule has 0 spiro atoms. The molecule has 0 aliphatic rings. The van der Waals surface area contributed by atoms with Crippen molar-refractivity contribution in [2.75, 3.05) is 5.32 Å². The second kappa shape index (κ2) is 4.90. The molecular formula is C16H12N2O. The third-order valence-electron chi connectivity index (χ3n) is 2.88. The number of nitrogens with one attached hydrogen (secondary N) is 1. The zero-order valence-corrected chi connectivity index (χ0v) is 10.2. The minimum absolute atomic E-state index is 0.149. The number of carbonyl (C=O) groups excluding carboxylic acids is 1. The number of amides is 1. The summed E-state index contributed by atoms with van der Waals surface area (Å²) in [4.78, 5) is 16.4. The van der Waals surface area contributed by atoms with Gasteiger partial charge < -0.3 is 5.32 Å². The lowest BCUT2D eigenvalue weighted by molar-refractivity contribution is 0.102. The summed E-state index contributed by atoms with van der Waals surface area (Å²) in [5.41, 5.74) is 2.22. The highest BCUT2D eigenvalue weighted by atomic mass is 16.1. The van der Waals surface area contributed by atoms with Crippen LogP contribution in [0.3, 0.4) is 0 Å². The molecule has 3 rings (SSSR count). The van der Waals surface area contributed by atoms with Crippen LogP contribution < -0.4 is 5.32 Å². The first-order valence-corrected chi connectivity index (χ1v) is 6.04. The van der Waals surface area contributed by atoms with Crippen molar-refractivity contribution in [1.82, 2.24) is 4.98 Å². The molecular weight excluding hydrogens is 236 g/mol. The Kier molecular flexibility index (Phi) is 2.94. The van der Waals surface area contributed by atoms with Crippen molar-refractivity contribution in [3.63, 3.8) is 0 Å². The van der Waals surface area contributed by atoms with Gasteiger partial charge in [0.25, 0.3) is 5.91 Å². The number of carbonyl (C=O) groups is 1. The van der Waals surface area contributed by atoms with E-state index in [2.05, 4.69) is 10.3 Å². The van der Waals surface area contributed by atoms with Gasteiger partial charge in [-0.25, -0.2) is 0 Å². The number of hydrogen-bond acceptors (Lipinski definition) is 2. The smallest absolute Gasteiger partial charge is 0.257 e. The van der Waals surface area contributed by atoms with Crippen LogP contribution in [0, 0.1) is 0 Å². The number of pyridine rings is 1. The van der Waals surface area contributed by atoms with Crippen LogP contribution in [0.15, 0.2) is 66.9 Å². The number of fused-ring (bicyclic) bond motifs is 1. The maximum Gasteiger partial charge on any atom is 0.257 e. The van der Waals surface area contributed by atoms with E-state index in [0.717, 1.165) is 16.6 Å². The number of benzene rings is 2. The van der Waals surface area contributed by atoms with Crippen molar-refractivity contribution in [2.24, 2.45) is 0 Å². The predicted molar refractivity (Wildman–Crippen MR) is 76.1 cm³/mol. The first-order chi connectivity index (χ1) is 9.33. The molecule has 1 aromatic heterocycles. The Morgan fingerprint density at radius 1 is 0.947 bits per heavy atom. The summed E-state index contributed by atoms with van der Waals surface area (Å²) < 4.78 is 0. The van der Waals surface area contributed by atoms with Gasteiger partial charge in [-0.05, 0) is 24.3 Å². The zero-order chi connectivity index (χ0) is 13.1. The molecule has 0 fully saturated rings. The fourth-order valence-electron chi connectivity index (χ4n) is 1.92. The SMILES string of the molecule is O=C(Nc1ccccc1)c1cnc2ccccc2c1. The number of para-hydroxylation sites is 2. The monoisotopic (exact) mass is 248 g/mol. The minimum Gasteiger partial charge on any atom is -0.322 e. The Morgan fingerprint density at radius 2 is 1.68 bits per heavy atom. The standard InChI is InChI=1S/C16H12N2O/c19-16(18-14-7-2-1-3-8-14)13-10-12-6-4-5-9-15(12)17-11-13/h1-11H,(H,18,19). The third kappa shape index (κ3) is 2.45. The first kappa shape index (κ1) is 11.4. The zero-order valence-electron chi connectivity index (χ0n) is 10.2. The van der Waals surface area contributed by atoms with Crippen LogP contribution in [0.5, 0.6) is 0 Å². The molecule has 3 aromatic rings. The Labute approximate surface area is 110 Å². The molecule has 0 bridgehead atoms. The van der Waals surface area contributed by atoms with Gasteiger partial charge in [0.05, 0.1) is 11.1 Å². The van der Waals surface area contributed by atoms with Crippen molar-refractivity contribution in [1.29, 1.82) is 0 Å². The maximum absolute atomic E-state index is 12.1. The molecule has 92 valence electrons. The van der Waals surface area contributed by atoms with Crippen LogP contribution in [-0.2, 0) is 0 Å². The number of nitrogens with zero attached hydrogens (tertiary/aromatic N) is 1. The average Bonchev–Trinajstić information content (AvgIpc) is 2.48. The molecule has 3 nitrogen and oxygen atoms in total. The van der Waals surface area contributed by atoms with E-state index < -0.39 is 0 Å². The highest BCUT2D eigenvalue weighted by Crippen LogP contribution is 2.14. The van der Waals surface area contributed by atoms with E-state index in [-0.39, 0.29) is 5.91 Å². The molecule has 1 heterocycles. The summed E-state index contributed by atoms with van der Waals surface area (Å²) in [5.74, 6) is -0.149. The van der Waals surface area contributed by atoms with Crippen molar-refractivity contribution in [3.05, 3.63) is 72.4 Å². The summed E-state index contributed by atoms with van der Waals surface area (Å²) in [6, 6.07) is 19.0. The van der Waals surface area contributed by atoms with Crippen LogP contribution in [0.25, 0.3) is 10.9 Å². The molecule has 0 saturated carbocycles.